The van der Waals surface area contributed by atoms with Crippen molar-refractivity contribution in [1.82, 2.24) is 19.3 Å². The molecule has 0 saturated carbocycles. The summed E-state index contributed by atoms with van der Waals surface area (Å²) >= 11 is 9.14. The van der Waals surface area contributed by atoms with Crippen LogP contribution < -0.4 is 0 Å². The standard InChI is InChI=1S/C22H15BrN4S/c23-16-12-10-15(11-13-16)19-14-21(27(25-19)17-6-2-1-3-7-17)26-20-9-5-4-8-18(20)24-22(26)28/h1-14H,(H,24,28). The Kier molecular flexibility index (Phi) is 4.22. The number of nitrogens with one attached hydrogen (secondary N) is 1. The Morgan fingerprint density at radius 2 is 1.57 bits per heavy atom. The van der Waals surface area contributed by atoms with Crippen LogP contribution in [0.3, 0.4) is 0 Å². The van der Waals surface area contributed by atoms with Gasteiger partial charge in [-0.2, -0.15) is 5.10 Å². The summed E-state index contributed by atoms with van der Waals surface area (Å²) in [6.45, 7) is 0. The highest BCUT2D eigenvalue weighted by Crippen LogP contribution is 2.28. The van der Waals surface area contributed by atoms with Gasteiger partial charge in [0.1, 0.15) is 5.82 Å². The van der Waals surface area contributed by atoms with Gasteiger partial charge >= 0.3 is 0 Å². The van der Waals surface area contributed by atoms with E-state index in [9.17, 15) is 0 Å². The van der Waals surface area contributed by atoms with Gasteiger partial charge in [-0.25, -0.2) is 4.68 Å². The van der Waals surface area contributed by atoms with Crippen molar-refractivity contribution in [2.24, 2.45) is 0 Å². The van der Waals surface area contributed by atoms with E-state index in [4.69, 9.17) is 17.3 Å². The Morgan fingerprint density at radius 3 is 2.36 bits per heavy atom. The molecule has 0 aliphatic rings. The number of para-hydroxylation sites is 3. The highest BCUT2D eigenvalue weighted by atomic mass is 79.9. The van der Waals surface area contributed by atoms with Gasteiger partial charge in [0.15, 0.2) is 4.77 Å². The Bertz CT molecular complexity index is 1330. The van der Waals surface area contributed by atoms with Gasteiger partial charge in [0.05, 0.1) is 22.4 Å². The molecule has 0 bridgehead atoms. The molecular formula is C22H15BrN4S. The smallest absolute Gasteiger partial charge is 0.183 e. The molecule has 5 aromatic rings. The molecule has 3 aromatic carbocycles. The van der Waals surface area contributed by atoms with E-state index in [1.54, 1.807) is 0 Å². The van der Waals surface area contributed by atoms with Crippen LogP contribution in [0.25, 0.3) is 33.8 Å². The molecule has 0 saturated heterocycles. The van der Waals surface area contributed by atoms with E-state index in [1.807, 2.05) is 69.9 Å². The fraction of sp³-hybridized carbons (Fsp3) is 0. The van der Waals surface area contributed by atoms with Crippen molar-refractivity contribution < 1.29 is 0 Å². The summed E-state index contributed by atoms with van der Waals surface area (Å²) < 4.78 is 5.65. The fourth-order valence-electron chi connectivity index (χ4n) is 3.33. The predicted molar refractivity (Wildman–Crippen MR) is 119 cm³/mol. The number of H-pyrrole nitrogens is 1. The molecule has 0 fully saturated rings. The van der Waals surface area contributed by atoms with Crippen LogP contribution in [0.2, 0.25) is 0 Å². The molecule has 0 unspecified atom stereocenters. The van der Waals surface area contributed by atoms with Crippen molar-refractivity contribution in [3.05, 3.63) is 94.2 Å². The van der Waals surface area contributed by atoms with E-state index >= 15 is 0 Å². The quantitative estimate of drug-likeness (QED) is 0.330. The minimum absolute atomic E-state index is 0.639. The molecule has 0 atom stereocenters. The van der Waals surface area contributed by atoms with Crippen molar-refractivity contribution in [2.75, 3.05) is 0 Å². The van der Waals surface area contributed by atoms with Crippen molar-refractivity contribution >= 4 is 39.2 Å². The molecule has 0 radical (unpaired) electrons. The summed E-state index contributed by atoms with van der Waals surface area (Å²) in [6, 6.07) is 28.4. The zero-order valence-electron chi connectivity index (χ0n) is 14.7. The molecule has 28 heavy (non-hydrogen) atoms. The second-order valence-corrected chi connectivity index (χ2v) is 7.73. The number of hydrogen-bond donors (Lipinski definition) is 1. The van der Waals surface area contributed by atoms with E-state index in [-0.39, 0.29) is 0 Å². The first kappa shape index (κ1) is 17.2. The lowest BCUT2D eigenvalue weighted by Crippen LogP contribution is -2.05. The van der Waals surface area contributed by atoms with Crippen molar-refractivity contribution in [3.8, 4) is 22.8 Å². The maximum absolute atomic E-state index is 5.65. The predicted octanol–water partition coefficient (Wildman–Crippen LogP) is 6.30. The van der Waals surface area contributed by atoms with Crippen LogP contribution in [0, 0.1) is 4.77 Å². The lowest BCUT2D eigenvalue weighted by Gasteiger charge is -2.08. The molecule has 136 valence electrons. The van der Waals surface area contributed by atoms with Gasteiger partial charge in [0.25, 0.3) is 0 Å². The van der Waals surface area contributed by atoms with Crippen LogP contribution >= 0.6 is 28.1 Å². The fourth-order valence-corrected chi connectivity index (χ4v) is 3.90. The summed E-state index contributed by atoms with van der Waals surface area (Å²) in [7, 11) is 0. The summed E-state index contributed by atoms with van der Waals surface area (Å²) in [4.78, 5) is 3.29. The Labute approximate surface area is 175 Å². The van der Waals surface area contributed by atoms with Crippen LogP contribution in [0.5, 0.6) is 0 Å². The van der Waals surface area contributed by atoms with E-state index in [1.165, 1.54) is 0 Å². The molecule has 2 aromatic heterocycles. The lowest BCUT2D eigenvalue weighted by molar-refractivity contribution is 0.827. The van der Waals surface area contributed by atoms with Gasteiger partial charge in [-0.3, -0.25) is 4.57 Å². The largest absolute Gasteiger partial charge is 0.330 e. The maximum atomic E-state index is 5.65. The molecule has 6 heteroatoms. The number of aromatic amines is 1. The second kappa shape index (κ2) is 6.89. The Balaban J connectivity index is 1.80. The first-order valence-electron chi connectivity index (χ1n) is 8.82. The third-order valence-corrected chi connectivity index (χ3v) is 5.46. The zero-order valence-corrected chi connectivity index (χ0v) is 17.1. The number of imidazole rings is 1. The number of halogens is 1. The van der Waals surface area contributed by atoms with Crippen LogP contribution in [0.15, 0.2) is 89.4 Å². The van der Waals surface area contributed by atoms with Crippen LogP contribution in [-0.2, 0) is 0 Å². The van der Waals surface area contributed by atoms with Gasteiger partial charge < -0.3 is 4.98 Å². The molecule has 0 spiro atoms. The molecular weight excluding hydrogens is 432 g/mol. The van der Waals surface area contributed by atoms with Gasteiger partial charge in [0.2, 0.25) is 0 Å². The Morgan fingerprint density at radius 1 is 0.857 bits per heavy atom. The third kappa shape index (κ3) is 2.91. The first-order valence-corrected chi connectivity index (χ1v) is 10.0. The number of aromatic nitrogens is 4. The molecule has 5 rings (SSSR count). The van der Waals surface area contributed by atoms with Crippen molar-refractivity contribution in [3.63, 3.8) is 0 Å². The number of benzene rings is 3. The molecule has 1 N–H and O–H groups in total. The van der Waals surface area contributed by atoms with E-state index in [0.29, 0.717) is 4.77 Å². The van der Waals surface area contributed by atoms with E-state index in [0.717, 1.165) is 38.3 Å². The summed E-state index contributed by atoms with van der Waals surface area (Å²) in [6.07, 6.45) is 0. The first-order chi connectivity index (χ1) is 13.7. The molecule has 4 nitrogen and oxygen atoms in total. The molecule has 0 amide bonds. The van der Waals surface area contributed by atoms with Crippen LogP contribution in [0.4, 0.5) is 0 Å². The minimum atomic E-state index is 0.639. The molecule has 0 aliphatic carbocycles. The average molecular weight is 447 g/mol. The molecule has 0 aliphatic heterocycles. The van der Waals surface area contributed by atoms with Gasteiger partial charge in [-0.15, -0.1) is 0 Å². The number of hydrogen-bond acceptors (Lipinski definition) is 2. The average Bonchev–Trinajstić information content (AvgIpc) is 3.29. The van der Waals surface area contributed by atoms with Gasteiger partial charge in [0, 0.05) is 16.1 Å². The highest BCUT2D eigenvalue weighted by molar-refractivity contribution is 9.10. The Hall–Kier alpha value is -2.96. The minimum Gasteiger partial charge on any atom is -0.330 e. The molecule has 2 heterocycles. The second-order valence-electron chi connectivity index (χ2n) is 6.42. The van der Waals surface area contributed by atoms with Crippen LogP contribution in [0.1, 0.15) is 0 Å². The lowest BCUT2D eigenvalue weighted by atomic mass is 10.1. The number of fused-ring (bicyclic) bond motifs is 1. The third-order valence-electron chi connectivity index (χ3n) is 4.65. The van der Waals surface area contributed by atoms with Crippen molar-refractivity contribution in [1.29, 1.82) is 0 Å². The van der Waals surface area contributed by atoms with E-state index < -0.39 is 0 Å². The monoisotopic (exact) mass is 446 g/mol. The highest BCUT2D eigenvalue weighted by Gasteiger charge is 2.16. The van der Waals surface area contributed by atoms with Gasteiger partial charge in [-0.05, 0) is 48.6 Å². The number of nitrogens with zero attached hydrogens (tertiary/aromatic N) is 3. The van der Waals surface area contributed by atoms with E-state index in [2.05, 4.69) is 45.2 Å². The summed E-state index contributed by atoms with van der Waals surface area (Å²) in [5.41, 5.74) is 4.93. The maximum Gasteiger partial charge on any atom is 0.183 e. The van der Waals surface area contributed by atoms with Crippen molar-refractivity contribution in [2.45, 2.75) is 0 Å². The number of rotatable bonds is 3. The summed E-state index contributed by atoms with van der Waals surface area (Å²) in [5, 5.41) is 4.90. The summed E-state index contributed by atoms with van der Waals surface area (Å²) in [5.74, 6) is 0.895. The normalized spacial score (nSPS) is 11.2. The zero-order chi connectivity index (χ0) is 19.1. The van der Waals surface area contributed by atoms with Crippen LogP contribution in [-0.4, -0.2) is 19.3 Å². The SMILES string of the molecule is S=c1[nH]c2ccccc2n1-c1cc(-c2ccc(Br)cc2)nn1-c1ccccc1. The topological polar surface area (TPSA) is 38.5 Å². The van der Waals surface area contributed by atoms with Gasteiger partial charge in [-0.1, -0.05) is 58.4 Å².